The molecule has 122 valence electrons. The van der Waals surface area contributed by atoms with Crippen molar-refractivity contribution >= 4 is 17.7 Å². The lowest BCUT2D eigenvalue weighted by Gasteiger charge is -2.17. The molecule has 0 saturated heterocycles. The number of hydrogen-bond donors (Lipinski definition) is 2. The summed E-state index contributed by atoms with van der Waals surface area (Å²) in [7, 11) is 1.62. The molecular weight excluding hydrogens is 296 g/mol. The van der Waals surface area contributed by atoms with Gasteiger partial charge in [-0.2, -0.15) is 11.8 Å². The molecule has 0 radical (unpaired) electrons. The quantitative estimate of drug-likeness (QED) is 0.622. The average Bonchev–Trinajstić information content (AvgIpc) is 3.01. The molecule has 1 aromatic heterocycles. The Morgan fingerprint density at radius 3 is 2.91 bits per heavy atom. The molecule has 2 unspecified atom stereocenters. The van der Waals surface area contributed by atoms with Gasteiger partial charge in [-0.25, -0.2) is 9.98 Å². The molecule has 1 fully saturated rings. The number of pyridine rings is 1. The highest BCUT2D eigenvalue weighted by Crippen LogP contribution is 2.28. The summed E-state index contributed by atoms with van der Waals surface area (Å²) in [5, 5.41) is 7.66. The Morgan fingerprint density at radius 2 is 2.32 bits per heavy atom. The van der Waals surface area contributed by atoms with Crippen LogP contribution in [0.15, 0.2) is 23.3 Å². The van der Waals surface area contributed by atoms with Gasteiger partial charge in [-0.05, 0) is 38.0 Å². The van der Waals surface area contributed by atoms with E-state index in [0.29, 0.717) is 18.5 Å². The summed E-state index contributed by atoms with van der Waals surface area (Å²) in [6.45, 7) is 3.57. The minimum atomic E-state index is 0.532. The largest absolute Gasteiger partial charge is 0.481 e. The van der Waals surface area contributed by atoms with E-state index in [1.807, 2.05) is 30.1 Å². The second-order valence-corrected chi connectivity index (χ2v) is 6.55. The van der Waals surface area contributed by atoms with Gasteiger partial charge in [0.25, 0.3) is 0 Å². The standard InChI is InChI=1S/C16H26N4OS/c1-4-17-16(20-13-6-7-14(9-13)22-3)19-11-12-5-8-15(21-2)18-10-12/h5,8,10,13-14H,4,6-7,9,11H2,1-3H3,(H2,17,19,20). The summed E-state index contributed by atoms with van der Waals surface area (Å²) in [5.41, 5.74) is 1.08. The second kappa shape index (κ2) is 8.88. The number of rotatable bonds is 6. The van der Waals surface area contributed by atoms with Crippen LogP contribution in [0, 0.1) is 0 Å². The minimum absolute atomic E-state index is 0.532. The van der Waals surface area contributed by atoms with E-state index in [2.05, 4.69) is 33.8 Å². The molecule has 0 amide bonds. The normalized spacial score (nSPS) is 21.7. The van der Waals surface area contributed by atoms with Crippen molar-refractivity contribution in [1.82, 2.24) is 15.6 Å². The van der Waals surface area contributed by atoms with Gasteiger partial charge < -0.3 is 15.4 Å². The number of nitrogens with zero attached hydrogens (tertiary/aromatic N) is 2. The Hall–Kier alpha value is -1.43. The molecule has 0 bridgehead atoms. The maximum absolute atomic E-state index is 5.07. The first kappa shape index (κ1) is 16.9. The van der Waals surface area contributed by atoms with Crippen LogP contribution >= 0.6 is 11.8 Å². The van der Waals surface area contributed by atoms with Crippen LogP contribution in [0.4, 0.5) is 0 Å². The van der Waals surface area contributed by atoms with E-state index in [1.165, 1.54) is 19.3 Å². The van der Waals surface area contributed by atoms with Gasteiger partial charge >= 0.3 is 0 Å². The highest BCUT2D eigenvalue weighted by Gasteiger charge is 2.24. The van der Waals surface area contributed by atoms with Crippen LogP contribution in [-0.4, -0.2) is 42.1 Å². The molecule has 22 heavy (non-hydrogen) atoms. The Morgan fingerprint density at radius 1 is 1.45 bits per heavy atom. The van der Waals surface area contributed by atoms with Crippen molar-refractivity contribution in [3.63, 3.8) is 0 Å². The van der Waals surface area contributed by atoms with Crippen LogP contribution in [0.3, 0.4) is 0 Å². The van der Waals surface area contributed by atoms with Gasteiger partial charge in [-0.15, -0.1) is 0 Å². The summed E-state index contributed by atoms with van der Waals surface area (Å²) >= 11 is 1.97. The molecule has 0 spiro atoms. The number of thioether (sulfide) groups is 1. The number of aromatic nitrogens is 1. The molecule has 6 heteroatoms. The van der Waals surface area contributed by atoms with E-state index in [9.17, 15) is 0 Å². The van der Waals surface area contributed by atoms with Crippen molar-refractivity contribution in [2.24, 2.45) is 4.99 Å². The molecule has 0 aromatic carbocycles. The molecular formula is C16H26N4OS. The smallest absolute Gasteiger partial charge is 0.212 e. The number of hydrogen-bond acceptors (Lipinski definition) is 4. The van der Waals surface area contributed by atoms with Crippen LogP contribution in [0.5, 0.6) is 5.88 Å². The summed E-state index contributed by atoms with van der Waals surface area (Å²) in [6.07, 6.45) is 7.74. The summed E-state index contributed by atoms with van der Waals surface area (Å²) in [4.78, 5) is 8.87. The van der Waals surface area contributed by atoms with Crippen molar-refractivity contribution in [2.45, 2.75) is 44.0 Å². The first-order valence-electron chi connectivity index (χ1n) is 7.81. The minimum Gasteiger partial charge on any atom is -0.481 e. The first-order chi connectivity index (χ1) is 10.7. The third-order valence-electron chi connectivity index (χ3n) is 3.83. The zero-order valence-corrected chi connectivity index (χ0v) is 14.4. The third-order valence-corrected chi connectivity index (χ3v) is 4.92. The van der Waals surface area contributed by atoms with E-state index in [0.717, 1.165) is 23.3 Å². The van der Waals surface area contributed by atoms with Crippen LogP contribution in [0.2, 0.25) is 0 Å². The molecule has 2 atom stereocenters. The van der Waals surface area contributed by atoms with Gasteiger partial charge in [0.15, 0.2) is 5.96 Å². The molecule has 1 aromatic rings. The van der Waals surface area contributed by atoms with Gasteiger partial charge in [0.1, 0.15) is 0 Å². The van der Waals surface area contributed by atoms with Gasteiger partial charge in [-0.3, -0.25) is 0 Å². The molecule has 2 rings (SSSR count). The Labute approximate surface area is 137 Å². The van der Waals surface area contributed by atoms with Crippen LogP contribution in [-0.2, 0) is 6.54 Å². The predicted molar refractivity (Wildman–Crippen MR) is 93.7 cm³/mol. The molecule has 1 aliphatic carbocycles. The molecule has 5 nitrogen and oxygen atoms in total. The van der Waals surface area contributed by atoms with Gasteiger partial charge in [0, 0.05) is 30.1 Å². The number of aliphatic imine (C=N–C) groups is 1. The summed E-state index contributed by atoms with van der Waals surface area (Å²) < 4.78 is 5.07. The van der Waals surface area contributed by atoms with Crippen molar-refractivity contribution in [3.05, 3.63) is 23.9 Å². The highest BCUT2D eigenvalue weighted by atomic mass is 32.2. The maximum atomic E-state index is 5.07. The highest BCUT2D eigenvalue weighted by molar-refractivity contribution is 7.99. The second-order valence-electron chi connectivity index (χ2n) is 5.42. The Bertz CT molecular complexity index is 478. The zero-order chi connectivity index (χ0) is 15.8. The van der Waals surface area contributed by atoms with Crippen molar-refractivity contribution in [1.29, 1.82) is 0 Å². The number of guanidine groups is 1. The Balaban J connectivity index is 1.91. The van der Waals surface area contributed by atoms with Gasteiger partial charge in [0.2, 0.25) is 5.88 Å². The Kier molecular flexibility index (Phi) is 6.83. The lowest BCUT2D eigenvalue weighted by Crippen LogP contribution is -2.42. The van der Waals surface area contributed by atoms with Crippen LogP contribution in [0.25, 0.3) is 0 Å². The summed E-state index contributed by atoms with van der Waals surface area (Å²) in [6, 6.07) is 4.40. The average molecular weight is 322 g/mol. The van der Waals surface area contributed by atoms with E-state index in [1.54, 1.807) is 7.11 Å². The van der Waals surface area contributed by atoms with Crippen molar-refractivity contribution < 1.29 is 4.74 Å². The SMILES string of the molecule is CCNC(=NCc1ccc(OC)nc1)NC1CCC(SC)C1. The monoisotopic (exact) mass is 322 g/mol. The number of ether oxygens (including phenoxy) is 1. The first-order valence-corrected chi connectivity index (χ1v) is 9.10. The third kappa shape index (κ3) is 5.09. The fourth-order valence-corrected chi connectivity index (χ4v) is 3.39. The van der Waals surface area contributed by atoms with Gasteiger partial charge in [-0.1, -0.05) is 6.07 Å². The van der Waals surface area contributed by atoms with E-state index < -0.39 is 0 Å². The van der Waals surface area contributed by atoms with E-state index >= 15 is 0 Å². The van der Waals surface area contributed by atoms with E-state index in [-0.39, 0.29) is 0 Å². The molecule has 2 N–H and O–H groups in total. The van der Waals surface area contributed by atoms with Crippen molar-refractivity contribution in [2.75, 3.05) is 19.9 Å². The fourth-order valence-electron chi connectivity index (χ4n) is 2.59. The summed E-state index contributed by atoms with van der Waals surface area (Å²) in [5.74, 6) is 1.52. The van der Waals surface area contributed by atoms with Crippen LogP contribution in [0.1, 0.15) is 31.7 Å². The van der Waals surface area contributed by atoms with E-state index in [4.69, 9.17) is 4.74 Å². The van der Waals surface area contributed by atoms with Crippen molar-refractivity contribution in [3.8, 4) is 5.88 Å². The molecule has 1 heterocycles. The molecule has 1 saturated carbocycles. The number of methoxy groups -OCH3 is 1. The zero-order valence-electron chi connectivity index (χ0n) is 13.6. The lowest BCUT2D eigenvalue weighted by atomic mass is 10.2. The lowest BCUT2D eigenvalue weighted by molar-refractivity contribution is 0.397. The molecule has 0 aliphatic heterocycles. The molecule has 1 aliphatic rings. The topological polar surface area (TPSA) is 58.5 Å². The van der Waals surface area contributed by atoms with Gasteiger partial charge in [0.05, 0.1) is 13.7 Å². The maximum Gasteiger partial charge on any atom is 0.212 e. The fraction of sp³-hybridized carbons (Fsp3) is 0.625. The number of nitrogens with one attached hydrogen (secondary N) is 2. The van der Waals surface area contributed by atoms with Crippen LogP contribution < -0.4 is 15.4 Å². The predicted octanol–water partition coefficient (Wildman–Crippen LogP) is 2.43.